The zero-order chi connectivity index (χ0) is 28.7. The number of amides is 2. The highest BCUT2D eigenvalue weighted by atomic mass is 16.5. The summed E-state index contributed by atoms with van der Waals surface area (Å²) in [6.45, 7) is 3.97. The summed E-state index contributed by atoms with van der Waals surface area (Å²) < 4.78 is 15.2. The van der Waals surface area contributed by atoms with Gasteiger partial charge in [0.1, 0.15) is 12.6 Å². The molecular formula is C31H34N2O7. The Bertz CT molecular complexity index is 1260. The van der Waals surface area contributed by atoms with Crippen molar-refractivity contribution in [3.05, 3.63) is 101 Å². The second kappa shape index (κ2) is 15.7. The summed E-state index contributed by atoms with van der Waals surface area (Å²) in [5.41, 5.74) is 3.89. The number of rotatable bonds is 13. The Labute approximate surface area is 233 Å². The van der Waals surface area contributed by atoms with Gasteiger partial charge in [-0.1, -0.05) is 54.6 Å². The maximum Gasteiger partial charge on any atom is 0.411 e. The number of benzene rings is 3. The van der Waals surface area contributed by atoms with Crippen LogP contribution in [0.1, 0.15) is 53.7 Å². The fourth-order valence-corrected chi connectivity index (χ4v) is 3.82. The molecule has 0 fully saturated rings. The number of hydrogen-bond acceptors (Lipinski definition) is 7. The Morgan fingerprint density at radius 1 is 0.725 bits per heavy atom. The highest BCUT2D eigenvalue weighted by Crippen LogP contribution is 2.15. The number of carbonyl (C=O) groups excluding carboxylic acids is 4. The predicted octanol–water partition coefficient (Wildman–Crippen LogP) is 5.03. The Morgan fingerprint density at radius 3 is 1.98 bits per heavy atom. The van der Waals surface area contributed by atoms with Gasteiger partial charge in [0, 0.05) is 17.7 Å². The topological polar surface area (TPSA) is 120 Å². The van der Waals surface area contributed by atoms with E-state index in [1.165, 1.54) is 0 Å². The minimum absolute atomic E-state index is 0.0142. The van der Waals surface area contributed by atoms with E-state index in [2.05, 4.69) is 10.6 Å². The van der Waals surface area contributed by atoms with E-state index in [1.807, 2.05) is 54.6 Å². The molecule has 0 spiro atoms. The van der Waals surface area contributed by atoms with Gasteiger partial charge in [-0.3, -0.25) is 14.9 Å². The number of hydrogen-bond donors (Lipinski definition) is 2. The minimum Gasteiger partial charge on any atom is -0.466 e. The van der Waals surface area contributed by atoms with Gasteiger partial charge in [0.2, 0.25) is 0 Å². The molecule has 0 aromatic heterocycles. The quantitative estimate of drug-likeness (QED) is 0.228. The van der Waals surface area contributed by atoms with Crippen LogP contribution < -0.4 is 10.6 Å². The fraction of sp³-hybridized carbons (Fsp3) is 0.290. The molecule has 2 N–H and O–H groups in total. The van der Waals surface area contributed by atoms with E-state index in [0.717, 1.165) is 16.7 Å². The van der Waals surface area contributed by atoms with Crippen LogP contribution in [0.3, 0.4) is 0 Å². The van der Waals surface area contributed by atoms with Crippen LogP contribution in [-0.4, -0.2) is 43.2 Å². The van der Waals surface area contributed by atoms with Crippen molar-refractivity contribution in [3.63, 3.8) is 0 Å². The summed E-state index contributed by atoms with van der Waals surface area (Å²) in [5.74, 6) is -1.48. The first-order chi connectivity index (χ1) is 19.4. The molecule has 0 bridgehead atoms. The van der Waals surface area contributed by atoms with Crippen molar-refractivity contribution >= 4 is 29.6 Å². The van der Waals surface area contributed by atoms with Crippen molar-refractivity contribution < 1.29 is 33.4 Å². The largest absolute Gasteiger partial charge is 0.466 e. The van der Waals surface area contributed by atoms with Crippen LogP contribution in [0.15, 0.2) is 78.9 Å². The van der Waals surface area contributed by atoms with Gasteiger partial charge in [-0.05, 0) is 67.6 Å². The lowest BCUT2D eigenvalue weighted by atomic mass is 10.0. The molecule has 0 heterocycles. The first-order valence-electron chi connectivity index (χ1n) is 13.2. The van der Waals surface area contributed by atoms with Gasteiger partial charge >= 0.3 is 18.0 Å². The lowest BCUT2D eigenvalue weighted by molar-refractivity contribution is -0.146. The molecule has 0 aliphatic rings. The molecule has 0 radical (unpaired) electrons. The van der Waals surface area contributed by atoms with Crippen molar-refractivity contribution in [2.24, 2.45) is 0 Å². The van der Waals surface area contributed by atoms with E-state index in [-0.39, 0.29) is 32.7 Å². The third-order valence-electron chi connectivity index (χ3n) is 5.86. The average Bonchev–Trinajstić information content (AvgIpc) is 2.96. The molecule has 210 valence electrons. The van der Waals surface area contributed by atoms with Crippen molar-refractivity contribution in [1.82, 2.24) is 5.32 Å². The molecule has 0 saturated carbocycles. The van der Waals surface area contributed by atoms with Crippen LogP contribution in [-0.2, 0) is 36.8 Å². The predicted molar refractivity (Wildman–Crippen MR) is 150 cm³/mol. The van der Waals surface area contributed by atoms with Gasteiger partial charge in [0.15, 0.2) is 0 Å². The second-order valence-corrected chi connectivity index (χ2v) is 8.88. The third-order valence-corrected chi connectivity index (χ3v) is 5.86. The van der Waals surface area contributed by atoms with Crippen molar-refractivity contribution in [2.75, 3.05) is 18.5 Å². The number of anilines is 1. The van der Waals surface area contributed by atoms with Gasteiger partial charge in [0.05, 0.1) is 13.2 Å². The summed E-state index contributed by atoms with van der Waals surface area (Å²) >= 11 is 0. The van der Waals surface area contributed by atoms with Gasteiger partial charge < -0.3 is 19.5 Å². The fourth-order valence-electron chi connectivity index (χ4n) is 3.82. The molecule has 0 aliphatic carbocycles. The van der Waals surface area contributed by atoms with E-state index in [4.69, 9.17) is 14.2 Å². The van der Waals surface area contributed by atoms with Gasteiger partial charge in [-0.25, -0.2) is 9.59 Å². The number of carbonyl (C=O) groups is 4. The standard InChI is InChI=1S/C31H34N2O7/c1-3-38-28(34)19-18-27(30(36)39-4-2)33-29(35)25-14-10-22(11-15-25)20-23-12-16-26(17-13-23)32-31(37)40-21-24-8-6-5-7-9-24/h5-17,27H,3-4,18-21H2,1-2H3,(H,32,37)(H,33,35). The zero-order valence-electron chi connectivity index (χ0n) is 22.7. The summed E-state index contributed by atoms with van der Waals surface area (Å²) in [6.07, 6.45) is 0.152. The normalized spacial score (nSPS) is 11.2. The Hall–Kier alpha value is -4.66. The first kappa shape index (κ1) is 29.9. The SMILES string of the molecule is CCOC(=O)CCC(NC(=O)c1ccc(Cc2ccc(NC(=O)OCc3ccccc3)cc2)cc1)C(=O)OCC. The molecule has 3 aromatic rings. The molecule has 3 aromatic carbocycles. The molecule has 9 nitrogen and oxygen atoms in total. The number of nitrogens with one attached hydrogen (secondary N) is 2. The smallest absolute Gasteiger partial charge is 0.411 e. The van der Waals surface area contributed by atoms with E-state index >= 15 is 0 Å². The molecular weight excluding hydrogens is 512 g/mol. The minimum atomic E-state index is -0.959. The van der Waals surface area contributed by atoms with Crippen molar-refractivity contribution in [1.29, 1.82) is 0 Å². The third kappa shape index (κ3) is 9.90. The van der Waals surface area contributed by atoms with Crippen LogP contribution >= 0.6 is 0 Å². The second-order valence-electron chi connectivity index (χ2n) is 8.88. The van der Waals surface area contributed by atoms with E-state index in [9.17, 15) is 19.2 Å². The summed E-state index contributed by atoms with van der Waals surface area (Å²) in [4.78, 5) is 48.8. The number of esters is 2. The summed E-state index contributed by atoms with van der Waals surface area (Å²) in [7, 11) is 0. The molecule has 9 heteroatoms. The lowest BCUT2D eigenvalue weighted by Gasteiger charge is -2.17. The molecule has 0 saturated heterocycles. The monoisotopic (exact) mass is 546 g/mol. The van der Waals surface area contributed by atoms with Crippen molar-refractivity contribution in [2.45, 2.75) is 45.8 Å². The first-order valence-corrected chi connectivity index (χ1v) is 13.2. The van der Waals surface area contributed by atoms with Gasteiger partial charge in [0.25, 0.3) is 5.91 Å². The van der Waals surface area contributed by atoms with Crippen LogP contribution in [0.5, 0.6) is 0 Å². The zero-order valence-corrected chi connectivity index (χ0v) is 22.7. The van der Waals surface area contributed by atoms with Crippen molar-refractivity contribution in [3.8, 4) is 0 Å². The molecule has 3 rings (SSSR count). The van der Waals surface area contributed by atoms with E-state index in [0.29, 0.717) is 17.7 Å². The number of ether oxygens (including phenoxy) is 3. The molecule has 40 heavy (non-hydrogen) atoms. The van der Waals surface area contributed by atoms with Crippen LogP contribution in [0.4, 0.5) is 10.5 Å². The molecule has 0 aliphatic heterocycles. The van der Waals surface area contributed by atoms with E-state index in [1.54, 1.807) is 38.1 Å². The lowest BCUT2D eigenvalue weighted by Crippen LogP contribution is -2.42. The maximum absolute atomic E-state index is 12.8. The average molecular weight is 547 g/mol. The molecule has 1 unspecified atom stereocenters. The maximum atomic E-state index is 12.8. The van der Waals surface area contributed by atoms with Crippen LogP contribution in [0.25, 0.3) is 0 Å². The van der Waals surface area contributed by atoms with Gasteiger partial charge in [-0.15, -0.1) is 0 Å². The highest BCUT2D eigenvalue weighted by molar-refractivity contribution is 5.97. The summed E-state index contributed by atoms with van der Waals surface area (Å²) in [6, 6.07) is 22.9. The van der Waals surface area contributed by atoms with Crippen LogP contribution in [0.2, 0.25) is 0 Å². The summed E-state index contributed by atoms with van der Waals surface area (Å²) in [5, 5.41) is 5.37. The highest BCUT2D eigenvalue weighted by Gasteiger charge is 2.24. The molecule has 1 atom stereocenters. The van der Waals surface area contributed by atoms with E-state index < -0.39 is 30.0 Å². The molecule has 2 amide bonds. The Balaban J connectivity index is 1.51. The van der Waals surface area contributed by atoms with Crippen LogP contribution in [0, 0.1) is 0 Å². The Morgan fingerprint density at radius 2 is 1.35 bits per heavy atom. The Kier molecular flexibility index (Phi) is 11.7. The van der Waals surface area contributed by atoms with Gasteiger partial charge in [-0.2, -0.15) is 0 Å².